The zero-order valence-corrected chi connectivity index (χ0v) is 11.8. The molecule has 8 nitrogen and oxygen atoms in total. The van der Waals surface area contributed by atoms with Gasteiger partial charge in [0.25, 0.3) is 5.69 Å². The van der Waals surface area contributed by atoms with E-state index in [1.54, 1.807) is 0 Å². The van der Waals surface area contributed by atoms with Gasteiger partial charge in [-0.25, -0.2) is 8.42 Å². The van der Waals surface area contributed by atoms with Crippen LogP contribution in [0, 0.1) is 16.0 Å². The topological polar surface area (TPSA) is 115 Å². The van der Waals surface area contributed by atoms with E-state index in [9.17, 15) is 18.5 Å². The molecule has 1 aliphatic rings. The van der Waals surface area contributed by atoms with Gasteiger partial charge in [0.05, 0.1) is 10.7 Å². The quantitative estimate of drug-likeness (QED) is 0.664. The molecule has 2 heterocycles. The molecule has 1 aliphatic heterocycles. The summed E-state index contributed by atoms with van der Waals surface area (Å²) in [5.74, 6) is 0.00824. The molecule has 1 atom stereocenters. The van der Waals surface area contributed by atoms with Crippen molar-refractivity contribution in [2.24, 2.45) is 5.92 Å². The molecule has 1 N–H and O–H groups in total. The van der Waals surface area contributed by atoms with Crippen molar-refractivity contribution < 1.29 is 17.8 Å². The second kappa shape index (κ2) is 5.08. The van der Waals surface area contributed by atoms with Crippen LogP contribution in [0.4, 0.5) is 5.69 Å². The summed E-state index contributed by atoms with van der Waals surface area (Å²) in [6.07, 6.45) is 0.797. The highest BCUT2D eigenvalue weighted by Gasteiger charge is 2.28. The monoisotopic (exact) mass is 311 g/mol. The predicted molar refractivity (Wildman–Crippen MR) is 73.7 cm³/mol. The van der Waals surface area contributed by atoms with Gasteiger partial charge in [-0.05, 0) is 31.5 Å². The molecule has 0 amide bonds. The first-order valence-electron chi connectivity index (χ1n) is 6.44. The Labute approximate surface area is 120 Å². The third-order valence-electron chi connectivity index (χ3n) is 3.45. The molecular weight excluding hydrogens is 298 g/mol. The lowest BCUT2D eigenvalue weighted by atomic mass is 10.2. The van der Waals surface area contributed by atoms with Crippen LogP contribution in [0.2, 0.25) is 0 Å². The lowest BCUT2D eigenvalue weighted by Gasteiger charge is -2.05. The van der Waals surface area contributed by atoms with Crippen molar-refractivity contribution in [2.75, 3.05) is 18.8 Å². The third-order valence-corrected chi connectivity index (χ3v) is 5.06. The molecular formula is C12H13N3O5S. The first-order chi connectivity index (χ1) is 9.95. The van der Waals surface area contributed by atoms with Crippen molar-refractivity contribution in [1.82, 2.24) is 10.3 Å². The Morgan fingerprint density at radius 3 is 2.95 bits per heavy atom. The van der Waals surface area contributed by atoms with E-state index in [0.29, 0.717) is 6.54 Å². The van der Waals surface area contributed by atoms with Gasteiger partial charge in [-0.15, -0.1) is 0 Å². The van der Waals surface area contributed by atoms with Crippen molar-refractivity contribution in [3.05, 3.63) is 28.3 Å². The van der Waals surface area contributed by atoms with E-state index in [2.05, 4.69) is 10.3 Å². The number of sulfone groups is 1. The molecule has 9 heteroatoms. The van der Waals surface area contributed by atoms with E-state index in [-0.39, 0.29) is 33.7 Å². The van der Waals surface area contributed by atoms with Crippen molar-refractivity contribution in [2.45, 2.75) is 11.6 Å². The number of nitrogens with one attached hydrogen (secondary N) is 1. The zero-order valence-electron chi connectivity index (χ0n) is 11.0. The number of aromatic nitrogens is 1. The number of benzene rings is 1. The summed E-state index contributed by atoms with van der Waals surface area (Å²) in [4.78, 5) is 14.0. The van der Waals surface area contributed by atoms with E-state index >= 15 is 0 Å². The van der Waals surface area contributed by atoms with Crippen molar-refractivity contribution in [1.29, 1.82) is 0 Å². The fourth-order valence-electron chi connectivity index (χ4n) is 2.38. The maximum atomic E-state index is 12.3. The Morgan fingerprint density at radius 2 is 2.29 bits per heavy atom. The number of rotatable bonds is 4. The van der Waals surface area contributed by atoms with E-state index in [0.717, 1.165) is 13.0 Å². The minimum atomic E-state index is -3.63. The molecule has 1 fully saturated rings. The fourth-order valence-corrected chi connectivity index (χ4v) is 3.88. The lowest BCUT2D eigenvalue weighted by Crippen LogP contribution is -2.19. The van der Waals surface area contributed by atoms with Gasteiger partial charge in [0.2, 0.25) is 9.84 Å². The van der Waals surface area contributed by atoms with Gasteiger partial charge in [0, 0.05) is 12.1 Å². The molecule has 2 aromatic rings. The van der Waals surface area contributed by atoms with Gasteiger partial charge in [0.15, 0.2) is 5.58 Å². The number of nitro groups is 1. The summed E-state index contributed by atoms with van der Waals surface area (Å²) in [5, 5.41) is 13.4. The lowest BCUT2D eigenvalue weighted by molar-refractivity contribution is -0.384. The number of hydrogen-bond acceptors (Lipinski definition) is 7. The van der Waals surface area contributed by atoms with Gasteiger partial charge in [-0.1, -0.05) is 0 Å². The molecule has 0 radical (unpaired) electrons. The van der Waals surface area contributed by atoms with Crippen LogP contribution in [0.15, 0.2) is 27.8 Å². The van der Waals surface area contributed by atoms with Crippen molar-refractivity contribution >= 4 is 26.6 Å². The number of oxazole rings is 1. The fraction of sp³-hybridized carbons (Fsp3) is 0.417. The zero-order chi connectivity index (χ0) is 15.0. The average molecular weight is 311 g/mol. The molecule has 21 heavy (non-hydrogen) atoms. The van der Waals surface area contributed by atoms with E-state index < -0.39 is 14.8 Å². The van der Waals surface area contributed by atoms with Gasteiger partial charge < -0.3 is 9.73 Å². The summed E-state index contributed by atoms with van der Waals surface area (Å²) in [5.41, 5.74) is 0.246. The highest BCUT2D eigenvalue weighted by atomic mass is 32.2. The second-order valence-electron chi connectivity index (χ2n) is 5.03. The van der Waals surface area contributed by atoms with Crippen LogP contribution in [0.5, 0.6) is 0 Å². The number of nitrogens with zero attached hydrogens (tertiary/aromatic N) is 2. The molecule has 1 saturated heterocycles. The minimum Gasteiger partial charge on any atom is -0.428 e. The summed E-state index contributed by atoms with van der Waals surface area (Å²) in [7, 11) is -3.63. The summed E-state index contributed by atoms with van der Waals surface area (Å²) < 4.78 is 29.8. The maximum Gasteiger partial charge on any atom is 0.316 e. The Hall–Kier alpha value is -2.00. The largest absolute Gasteiger partial charge is 0.428 e. The molecule has 1 unspecified atom stereocenters. The highest BCUT2D eigenvalue weighted by molar-refractivity contribution is 7.91. The smallest absolute Gasteiger partial charge is 0.316 e. The van der Waals surface area contributed by atoms with Crippen LogP contribution in [-0.4, -0.2) is 37.2 Å². The number of nitro benzene ring substituents is 1. The summed E-state index contributed by atoms with van der Waals surface area (Å²) in [6, 6.07) is 3.82. The maximum absolute atomic E-state index is 12.3. The second-order valence-corrected chi connectivity index (χ2v) is 6.94. The predicted octanol–water partition coefficient (Wildman–Crippen LogP) is 1.12. The van der Waals surface area contributed by atoms with Crippen LogP contribution in [-0.2, 0) is 9.84 Å². The third kappa shape index (κ3) is 2.74. The average Bonchev–Trinajstić information content (AvgIpc) is 3.05. The van der Waals surface area contributed by atoms with E-state index in [1.165, 1.54) is 18.2 Å². The molecule has 0 spiro atoms. The Kier molecular flexibility index (Phi) is 3.38. The van der Waals surface area contributed by atoms with Gasteiger partial charge in [-0.2, -0.15) is 4.98 Å². The van der Waals surface area contributed by atoms with Gasteiger partial charge in [0.1, 0.15) is 5.52 Å². The Bertz CT molecular complexity index is 792. The number of hydrogen-bond donors (Lipinski definition) is 1. The first-order valence-corrected chi connectivity index (χ1v) is 8.09. The Morgan fingerprint density at radius 1 is 1.48 bits per heavy atom. The van der Waals surface area contributed by atoms with Gasteiger partial charge in [-0.3, -0.25) is 10.1 Å². The number of fused-ring (bicyclic) bond motifs is 1. The molecule has 0 saturated carbocycles. The van der Waals surface area contributed by atoms with Crippen molar-refractivity contribution in [3.8, 4) is 0 Å². The molecule has 1 aromatic carbocycles. The standard InChI is InChI=1S/C12H13N3O5S/c16-15(17)9-1-2-11-10(5-9)14-12(20-11)21(18,19)7-8-3-4-13-6-8/h1-2,5,8,13H,3-4,6-7H2. The van der Waals surface area contributed by atoms with Crippen LogP contribution < -0.4 is 5.32 Å². The van der Waals surface area contributed by atoms with Crippen molar-refractivity contribution in [3.63, 3.8) is 0 Å². The molecule has 0 bridgehead atoms. The molecule has 1 aromatic heterocycles. The highest BCUT2D eigenvalue weighted by Crippen LogP contribution is 2.25. The summed E-state index contributed by atoms with van der Waals surface area (Å²) >= 11 is 0. The minimum absolute atomic E-state index is 0.0328. The summed E-state index contributed by atoms with van der Waals surface area (Å²) in [6.45, 7) is 1.46. The van der Waals surface area contributed by atoms with E-state index in [4.69, 9.17) is 4.42 Å². The normalized spacial score (nSPS) is 19.1. The molecule has 0 aliphatic carbocycles. The Balaban J connectivity index is 1.94. The van der Waals surface area contributed by atoms with Crippen LogP contribution in [0.1, 0.15) is 6.42 Å². The van der Waals surface area contributed by atoms with Crippen LogP contribution in [0.3, 0.4) is 0 Å². The molecule has 3 rings (SSSR count). The molecule has 112 valence electrons. The van der Waals surface area contributed by atoms with Crippen LogP contribution in [0.25, 0.3) is 11.1 Å². The van der Waals surface area contributed by atoms with Gasteiger partial charge >= 0.3 is 5.22 Å². The number of non-ortho nitro benzene ring substituents is 1. The van der Waals surface area contributed by atoms with E-state index in [1.807, 2.05) is 0 Å². The first kappa shape index (κ1) is 14.0. The van der Waals surface area contributed by atoms with Crippen LogP contribution >= 0.6 is 0 Å². The SMILES string of the molecule is O=[N+]([O-])c1ccc2oc(S(=O)(=O)CC3CCNC3)nc2c1.